The molecule has 0 spiro atoms. The van der Waals surface area contributed by atoms with Gasteiger partial charge in [0.2, 0.25) is 11.8 Å². The first kappa shape index (κ1) is 79.7. The average molecular weight is 1270 g/mol. The molecule has 23 nitrogen and oxygen atoms in total. The summed E-state index contributed by atoms with van der Waals surface area (Å²) in [6.45, 7) is 2.14. The van der Waals surface area contributed by atoms with Gasteiger partial charge in [0.15, 0.2) is 12.6 Å². The van der Waals surface area contributed by atoms with Gasteiger partial charge in [-0.1, -0.05) is 219 Å². The molecule has 3 aliphatic rings. The van der Waals surface area contributed by atoms with Crippen molar-refractivity contribution in [2.24, 2.45) is 0 Å². The molecule has 3 heterocycles. The number of aliphatic hydroxyl groups excluding tert-OH is 11. The number of aliphatic hydroxyl groups is 11. The van der Waals surface area contributed by atoms with E-state index in [0.717, 1.165) is 51.9 Å². The number of amides is 2. The van der Waals surface area contributed by atoms with Gasteiger partial charge in [-0.25, -0.2) is 4.79 Å². The van der Waals surface area contributed by atoms with Gasteiger partial charge in [-0.3, -0.25) is 9.59 Å². The van der Waals surface area contributed by atoms with E-state index >= 15 is 0 Å². The highest BCUT2D eigenvalue weighted by atomic mass is 16.8. The van der Waals surface area contributed by atoms with Gasteiger partial charge in [-0.05, 0) is 19.3 Å². The van der Waals surface area contributed by atoms with Crippen molar-refractivity contribution in [2.45, 2.75) is 355 Å². The Morgan fingerprint density at radius 2 is 1.06 bits per heavy atom. The molecule has 516 valence electrons. The molecule has 2 amide bonds. The molecule has 0 bridgehead atoms. The molecule has 0 aromatic heterocycles. The zero-order valence-corrected chi connectivity index (χ0v) is 53.6. The van der Waals surface area contributed by atoms with Crippen LogP contribution in [0.2, 0.25) is 0 Å². The van der Waals surface area contributed by atoms with Crippen LogP contribution in [0.5, 0.6) is 0 Å². The summed E-state index contributed by atoms with van der Waals surface area (Å²) in [5.74, 6) is -6.14. The number of ether oxygens (including phenoxy) is 6. The highest BCUT2D eigenvalue weighted by Gasteiger charge is 2.60. The van der Waals surface area contributed by atoms with Crippen LogP contribution < -0.4 is 10.6 Å². The van der Waals surface area contributed by atoms with Crippen LogP contribution in [0, 0.1) is 0 Å². The predicted molar refractivity (Wildman–Crippen MR) is 329 cm³/mol. The summed E-state index contributed by atoms with van der Waals surface area (Å²) in [6.07, 6.45) is 13.9. The Morgan fingerprint density at radius 1 is 0.591 bits per heavy atom. The Morgan fingerprint density at radius 3 is 1.51 bits per heavy atom. The lowest BCUT2D eigenvalue weighted by Gasteiger charge is -2.50. The van der Waals surface area contributed by atoms with E-state index in [9.17, 15) is 75.7 Å². The Hall–Kier alpha value is -2.53. The van der Waals surface area contributed by atoms with Crippen LogP contribution in [0.1, 0.15) is 245 Å². The second-order valence-electron chi connectivity index (χ2n) is 25.0. The molecular weight excluding hydrogens is 1140 g/mol. The predicted octanol–water partition coefficient (Wildman–Crippen LogP) is 5.51. The third-order valence-corrected chi connectivity index (χ3v) is 17.5. The first-order valence-corrected chi connectivity index (χ1v) is 34.1. The summed E-state index contributed by atoms with van der Waals surface area (Å²) >= 11 is 0. The summed E-state index contributed by atoms with van der Waals surface area (Å²) in [6, 6.07) is -2.61. The maximum absolute atomic E-state index is 13.4. The number of carboxylic acid groups (broad SMARTS) is 1. The molecule has 0 aliphatic carbocycles. The number of unbranched alkanes of at least 4 members (excludes halogenated alkanes) is 31. The standard InChI is InChI=1S/C65H120N2O21/c1-4-6-8-10-12-14-16-18-20-22-24-26-28-30-32-34-36-38-47(72)46(67-52(75)39-37-35-33-31-29-27-25-23-21-19-17-15-13-11-9-7-5-2)44-83-62-57(79)56(78)59(51(43-70)85-62)86-63-58(80)61(55(77)50(42-69)84-63)88-65(64(81)82)40-48(73)53(66-45(3)71)60(87-65)54(76)49(74)41-68/h36,38,46-51,53-63,68-70,72-74,76-80H,4-35,37,39-44H2,1-3H3,(H,66,71)(H,67,75)(H,81,82)/b38-36+. The first-order chi connectivity index (χ1) is 42.4. The van der Waals surface area contributed by atoms with Gasteiger partial charge in [0.05, 0.1) is 50.7 Å². The van der Waals surface area contributed by atoms with Crippen molar-refractivity contribution in [1.82, 2.24) is 10.6 Å². The molecule has 88 heavy (non-hydrogen) atoms. The third-order valence-electron chi connectivity index (χ3n) is 17.5. The van der Waals surface area contributed by atoms with E-state index in [1.54, 1.807) is 6.08 Å². The number of hydrogen-bond donors (Lipinski definition) is 14. The van der Waals surface area contributed by atoms with Crippen LogP contribution in [0.25, 0.3) is 0 Å². The minimum Gasteiger partial charge on any atom is -0.477 e. The second kappa shape index (κ2) is 46.5. The van der Waals surface area contributed by atoms with Crippen molar-refractivity contribution >= 4 is 17.8 Å². The van der Waals surface area contributed by atoms with E-state index < -0.39 is 155 Å². The number of aliphatic carboxylic acids is 1. The summed E-state index contributed by atoms with van der Waals surface area (Å²) < 4.78 is 34.8. The van der Waals surface area contributed by atoms with E-state index in [1.807, 2.05) is 6.08 Å². The number of hydrogen-bond acceptors (Lipinski definition) is 20. The van der Waals surface area contributed by atoms with Gasteiger partial charge in [-0.2, -0.15) is 0 Å². The fourth-order valence-corrected chi connectivity index (χ4v) is 12.0. The largest absolute Gasteiger partial charge is 0.477 e. The average Bonchev–Trinajstić information content (AvgIpc) is 0.808. The minimum atomic E-state index is -3.08. The molecule has 18 unspecified atom stereocenters. The molecule has 0 aromatic rings. The van der Waals surface area contributed by atoms with E-state index in [1.165, 1.54) is 154 Å². The molecule has 3 saturated heterocycles. The molecule has 0 aromatic carbocycles. The van der Waals surface area contributed by atoms with E-state index in [-0.39, 0.29) is 12.3 Å². The molecule has 3 fully saturated rings. The van der Waals surface area contributed by atoms with Crippen molar-refractivity contribution in [3.63, 3.8) is 0 Å². The van der Waals surface area contributed by atoms with Crippen LogP contribution in [-0.4, -0.2) is 215 Å². The molecule has 0 radical (unpaired) electrons. The fourth-order valence-electron chi connectivity index (χ4n) is 12.0. The zero-order chi connectivity index (χ0) is 64.7. The Kier molecular flexibility index (Phi) is 42.1. The monoisotopic (exact) mass is 1260 g/mol. The lowest BCUT2D eigenvalue weighted by molar-refractivity contribution is -0.386. The molecule has 18 atom stereocenters. The summed E-state index contributed by atoms with van der Waals surface area (Å²) in [4.78, 5) is 38.5. The molecule has 3 aliphatic heterocycles. The summed E-state index contributed by atoms with van der Waals surface area (Å²) in [7, 11) is 0. The Bertz CT molecular complexity index is 1840. The summed E-state index contributed by atoms with van der Waals surface area (Å²) in [5.41, 5.74) is 0. The topological polar surface area (TPSA) is 373 Å². The normalized spacial score (nSPS) is 29.0. The molecule has 23 heteroatoms. The lowest BCUT2D eigenvalue weighted by Crippen LogP contribution is -2.70. The maximum Gasteiger partial charge on any atom is 0.364 e. The van der Waals surface area contributed by atoms with Gasteiger partial charge >= 0.3 is 5.97 Å². The van der Waals surface area contributed by atoms with Crippen LogP contribution in [0.4, 0.5) is 0 Å². The number of carbonyl (C=O) groups excluding carboxylic acids is 2. The van der Waals surface area contributed by atoms with Crippen LogP contribution >= 0.6 is 0 Å². The maximum atomic E-state index is 13.4. The SMILES string of the molecule is CCCCCCCCCCCCCCCCC/C=C/C(O)C(COC1OC(CO)C(OC2OC(CO)C(O)C(OC3(C(=O)O)CC(O)C(NC(C)=O)C(C(O)C(O)CO)O3)C2O)C(O)C1O)NC(=O)CCCCCCCCCCCCCCCCCCC. The number of carboxylic acids is 1. The minimum absolute atomic E-state index is 0.205. The van der Waals surface area contributed by atoms with Crippen molar-refractivity contribution in [3.8, 4) is 0 Å². The van der Waals surface area contributed by atoms with Gasteiger partial charge in [0.25, 0.3) is 5.79 Å². The molecule has 0 saturated carbocycles. The number of allylic oxidation sites excluding steroid dienone is 1. The highest BCUT2D eigenvalue weighted by Crippen LogP contribution is 2.39. The number of nitrogens with one attached hydrogen (secondary N) is 2. The third kappa shape index (κ3) is 29.2. The quantitative estimate of drug-likeness (QED) is 0.0264. The van der Waals surface area contributed by atoms with Crippen molar-refractivity contribution in [1.29, 1.82) is 0 Å². The van der Waals surface area contributed by atoms with Gasteiger partial charge in [-0.15, -0.1) is 0 Å². The Labute approximate surface area is 524 Å². The van der Waals surface area contributed by atoms with E-state index in [2.05, 4.69) is 24.5 Å². The highest BCUT2D eigenvalue weighted by molar-refractivity contribution is 5.77. The zero-order valence-electron chi connectivity index (χ0n) is 53.6. The number of carbonyl (C=O) groups is 3. The fraction of sp³-hybridized carbons (Fsp3) is 0.923. The molecule has 14 N–H and O–H groups in total. The molecular formula is C65H120N2O21. The smallest absolute Gasteiger partial charge is 0.364 e. The first-order valence-electron chi connectivity index (χ1n) is 34.1. The van der Waals surface area contributed by atoms with Gasteiger partial charge < -0.3 is 100 Å². The molecule has 3 rings (SSSR count). The van der Waals surface area contributed by atoms with Crippen LogP contribution in [0.15, 0.2) is 12.2 Å². The Balaban J connectivity index is 1.62. The van der Waals surface area contributed by atoms with E-state index in [0.29, 0.717) is 12.8 Å². The lowest BCUT2D eigenvalue weighted by atomic mass is 9.88. The van der Waals surface area contributed by atoms with Gasteiger partial charge in [0.1, 0.15) is 67.1 Å². The van der Waals surface area contributed by atoms with Crippen molar-refractivity contribution in [2.75, 3.05) is 26.4 Å². The second-order valence-corrected chi connectivity index (χ2v) is 25.0. The van der Waals surface area contributed by atoms with E-state index in [4.69, 9.17) is 28.4 Å². The number of rotatable bonds is 51. The van der Waals surface area contributed by atoms with Crippen LogP contribution in [-0.2, 0) is 42.8 Å². The van der Waals surface area contributed by atoms with Gasteiger partial charge in [0, 0.05) is 19.8 Å². The summed E-state index contributed by atoms with van der Waals surface area (Å²) in [5, 5.41) is 136. The van der Waals surface area contributed by atoms with Crippen LogP contribution in [0.3, 0.4) is 0 Å². The van der Waals surface area contributed by atoms with Crippen molar-refractivity contribution in [3.05, 3.63) is 12.2 Å². The van der Waals surface area contributed by atoms with Crippen molar-refractivity contribution < 1.29 is 104 Å².